The lowest BCUT2D eigenvalue weighted by Gasteiger charge is -2.17. The molecule has 1 aliphatic rings. The summed E-state index contributed by atoms with van der Waals surface area (Å²) in [4.78, 5) is 40.6. The number of amides is 2. The van der Waals surface area contributed by atoms with Gasteiger partial charge >= 0.3 is 0 Å². The van der Waals surface area contributed by atoms with Gasteiger partial charge in [-0.3, -0.25) is 24.9 Å². The van der Waals surface area contributed by atoms with Gasteiger partial charge in [-0.25, -0.2) is 4.98 Å². The molecule has 0 unspecified atom stereocenters. The van der Waals surface area contributed by atoms with Crippen LogP contribution in [0.2, 0.25) is 0 Å². The van der Waals surface area contributed by atoms with Crippen LogP contribution in [0.15, 0.2) is 66.4 Å². The van der Waals surface area contributed by atoms with Gasteiger partial charge in [0.05, 0.1) is 11.1 Å². The van der Waals surface area contributed by atoms with Crippen LogP contribution in [0, 0.1) is 0 Å². The number of fused-ring (bicyclic) bond motifs is 1. The van der Waals surface area contributed by atoms with Crippen LogP contribution in [0.3, 0.4) is 0 Å². The Balaban J connectivity index is 1.44. The van der Waals surface area contributed by atoms with Gasteiger partial charge in [0.25, 0.3) is 11.8 Å². The molecule has 31 heavy (non-hydrogen) atoms. The number of aromatic nitrogens is 3. The highest BCUT2D eigenvalue weighted by atomic mass is 32.1. The molecule has 1 saturated heterocycles. The van der Waals surface area contributed by atoms with Crippen molar-refractivity contribution >= 4 is 39.2 Å². The minimum atomic E-state index is -0.211. The molecule has 1 N–H and O–H groups in total. The Morgan fingerprint density at radius 2 is 1.94 bits per heavy atom. The summed E-state index contributed by atoms with van der Waals surface area (Å²) < 4.78 is 0. The first-order valence-electron chi connectivity index (χ1n) is 9.99. The summed E-state index contributed by atoms with van der Waals surface area (Å²) in [6.45, 7) is 1.22. The molecule has 1 aromatic carbocycles. The van der Waals surface area contributed by atoms with Gasteiger partial charge in [0.15, 0.2) is 5.13 Å². The number of hydrogen-bond acceptors (Lipinski definition) is 6. The summed E-state index contributed by atoms with van der Waals surface area (Å²) >= 11 is 1.37. The van der Waals surface area contributed by atoms with E-state index in [1.165, 1.54) is 11.3 Å². The highest BCUT2D eigenvalue weighted by molar-refractivity contribution is 7.13. The number of nitrogens with zero attached hydrogens (tertiary/aromatic N) is 4. The standard InChI is InChI=1S/C23H19N5O2S/c29-21(27-23-25-10-12-31-23)18-13-20(26-19-4-2-1-3-17(18)19)16-7-11-28(14-16)22(30)15-5-8-24-9-6-15/h1-6,8-10,12-13,16H,7,11,14H2,(H,25,27,29)/t16-/m1/s1. The molecular formula is C23H19N5O2S. The lowest BCUT2D eigenvalue weighted by molar-refractivity contribution is 0.0790. The number of pyridine rings is 2. The molecular weight excluding hydrogens is 410 g/mol. The first-order chi connectivity index (χ1) is 15.2. The van der Waals surface area contributed by atoms with E-state index in [1.54, 1.807) is 30.7 Å². The summed E-state index contributed by atoms with van der Waals surface area (Å²) in [5, 5.41) is 6.04. The fraction of sp³-hybridized carbons (Fsp3) is 0.174. The maximum Gasteiger partial charge on any atom is 0.258 e. The number of carbonyl (C=O) groups excluding carboxylic acids is 2. The number of anilines is 1. The zero-order valence-corrected chi connectivity index (χ0v) is 17.4. The largest absolute Gasteiger partial charge is 0.338 e. The molecule has 3 aromatic heterocycles. The molecule has 1 atom stereocenters. The molecule has 0 spiro atoms. The van der Waals surface area contributed by atoms with E-state index in [0.717, 1.165) is 23.0 Å². The van der Waals surface area contributed by atoms with E-state index in [0.29, 0.717) is 29.3 Å². The Bertz CT molecular complexity index is 1240. The van der Waals surface area contributed by atoms with Crippen molar-refractivity contribution in [2.24, 2.45) is 0 Å². The first-order valence-corrected chi connectivity index (χ1v) is 10.9. The van der Waals surface area contributed by atoms with Gasteiger partial charge < -0.3 is 4.90 Å². The Morgan fingerprint density at radius 3 is 2.74 bits per heavy atom. The van der Waals surface area contributed by atoms with Crippen molar-refractivity contribution in [1.29, 1.82) is 0 Å². The van der Waals surface area contributed by atoms with E-state index in [2.05, 4.69) is 15.3 Å². The van der Waals surface area contributed by atoms with E-state index in [4.69, 9.17) is 4.98 Å². The van der Waals surface area contributed by atoms with E-state index in [9.17, 15) is 9.59 Å². The van der Waals surface area contributed by atoms with E-state index >= 15 is 0 Å². The summed E-state index contributed by atoms with van der Waals surface area (Å²) in [6, 6.07) is 12.9. The molecule has 7 nitrogen and oxygen atoms in total. The van der Waals surface area contributed by atoms with E-state index in [-0.39, 0.29) is 17.7 Å². The number of hydrogen-bond donors (Lipinski definition) is 1. The molecule has 0 saturated carbocycles. The Morgan fingerprint density at radius 1 is 1.10 bits per heavy atom. The van der Waals surface area contributed by atoms with Crippen LogP contribution in [-0.2, 0) is 0 Å². The van der Waals surface area contributed by atoms with E-state index < -0.39 is 0 Å². The van der Waals surface area contributed by atoms with Gasteiger partial charge in [-0.05, 0) is 30.7 Å². The van der Waals surface area contributed by atoms with Crippen LogP contribution in [0.25, 0.3) is 10.9 Å². The van der Waals surface area contributed by atoms with Crippen molar-refractivity contribution in [3.8, 4) is 0 Å². The Kier molecular flexibility index (Phi) is 5.13. The molecule has 1 fully saturated rings. The Hall–Kier alpha value is -3.65. The van der Waals surface area contributed by atoms with Crippen LogP contribution >= 0.6 is 11.3 Å². The lowest BCUT2D eigenvalue weighted by Crippen LogP contribution is -2.28. The fourth-order valence-corrected chi connectivity index (χ4v) is 4.43. The molecule has 8 heteroatoms. The number of nitrogens with one attached hydrogen (secondary N) is 1. The normalized spacial score (nSPS) is 15.9. The minimum absolute atomic E-state index is 0.00701. The molecule has 4 heterocycles. The van der Waals surface area contributed by atoms with Gasteiger partial charge in [0.1, 0.15) is 0 Å². The van der Waals surface area contributed by atoms with Crippen LogP contribution < -0.4 is 5.32 Å². The predicted octanol–water partition coefficient (Wildman–Crippen LogP) is 3.97. The molecule has 0 aliphatic carbocycles. The topological polar surface area (TPSA) is 88.1 Å². The molecule has 5 rings (SSSR count). The SMILES string of the molecule is O=C(Nc1nccs1)c1cc([C@@H]2CCN(C(=O)c3ccncc3)C2)nc2ccccc12. The molecule has 1 aliphatic heterocycles. The van der Waals surface area contributed by atoms with Gasteiger partial charge in [0.2, 0.25) is 0 Å². The van der Waals surface area contributed by atoms with Crippen molar-refractivity contribution < 1.29 is 9.59 Å². The third kappa shape index (κ3) is 3.89. The van der Waals surface area contributed by atoms with Crippen LogP contribution in [-0.4, -0.2) is 44.8 Å². The second-order valence-corrected chi connectivity index (χ2v) is 8.27. The monoisotopic (exact) mass is 429 g/mol. The lowest BCUT2D eigenvalue weighted by atomic mass is 9.99. The Labute approximate surface area is 182 Å². The zero-order valence-electron chi connectivity index (χ0n) is 16.6. The number of thiazole rings is 1. The van der Waals surface area contributed by atoms with Gasteiger partial charge in [-0.15, -0.1) is 11.3 Å². The molecule has 0 radical (unpaired) electrons. The average molecular weight is 430 g/mol. The highest BCUT2D eigenvalue weighted by Crippen LogP contribution is 2.30. The smallest absolute Gasteiger partial charge is 0.258 e. The summed E-state index contributed by atoms with van der Waals surface area (Å²) in [5.74, 6) is -0.147. The van der Waals surface area contributed by atoms with Gasteiger partial charge in [-0.2, -0.15) is 0 Å². The van der Waals surface area contributed by atoms with Crippen LogP contribution in [0.1, 0.15) is 38.7 Å². The number of likely N-dealkylation sites (tertiary alicyclic amines) is 1. The predicted molar refractivity (Wildman–Crippen MR) is 119 cm³/mol. The van der Waals surface area contributed by atoms with Crippen molar-refractivity contribution in [2.45, 2.75) is 12.3 Å². The third-order valence-electron chi connectivity index (χ3n) is 5.45. The molecule has 2 amide bonds. The maximum absolute atomic E-state index is 13.0. The molecule has 4 aromatic rings. The zero-order chi connectivity index (χ0) is 21.2. The van der Waals surface area contributed by atoms with Crippen molar-refractivity contribution in [3.63, 3.8) is 0 Å². The van der Waals surface area contributed by atoms with Gasteiger partial charge in [0, 0.05) is 59.6 Å². The number of rotatable bonds is 4. The minimum Gasteiger partial charge on any atom is -0.338 e. The van der Waals surface area contributed by atoms with Crippen LogP contribution in [0.5, 0.6) is 0 Å². The quantitative estimate of drug-likeness (QED) is 0.530. The summed E-state index contributed by atoms with van der Waals surface area (Å²) in [5.41, 5.74) is 2.79. The fourth-order valence-electron chi connectivity index (χ4n) is 3.91. The van der Waals surface area contributed by atoms with Crippen molar-refractivity contribution in [3.05, 3.63) is 83.3 Å². The highest BCUT2D eigenvalue weighted by Gasteiger charge is 2.30. The van der Waals surface area contributed by atoms with Crippen LogP contribution in [0.4, 0.5) is 5.13 Å². The summed E-state index contributed by atoms with van der Waals surface area (Å²) in [7, 11) is 0. The average Bonchev–Trinajstić information content (AvgIpc) is 3.51. The first kappa shape index (κ1) is 19.3. The van der Waals surface area contributed by atoms with Crippen molar-refractivity contribution in [1.82, 2.24) is 19.9 Å². The second kappa shape index (κ2) is 8.23. The molecule has 0 bridgehead atoms. The van der Waals surface area contributed by atoms with E-state index in [1.807, 2.05) is 40.6 Å². The van der Waals surface area contributed by atoms with Crippen molar-refractivity contribution in [2.75, 3.05) is 18.4 Å². The third-order valence-corrected chi connectivity index (χ3v) is 6.14. The van der Waals surface area contributed by atoms with Gasteiger partial charge in [-0.1, -0.05) is 18.2 Å². The number of carbonyl (C=O) groups is 2. The second-order valence-electron chi connectivity index (χ2n) is 7.38. The summed E-state index contributed by atoms with van der Waals surface area (Å²) in [6.07, 6.45) is 5.71. The molecule has 154 valence electrons. The maximum atomic E-state index is 13.0. The number of benzene rings is 1. The number of para-hydroxylation sites is 1.